The number of piperazine rings is 1. The summed E-state index contributed by atoms with van der Waals surface area (Å²) in [5, 5.41) is 4.48. The summed E-state index contributed by atoms with van der Waals surface area (Å²) in [7, 11) is -3.56. The van der Waals surface area contributed by atoms with Crippen molar-refractivity contribution in [2.75, 3.05) is 26.2 Å². The van der Waals surface area contributed by atoms with Gasteiger partial charge in [-0.3, -0.25) is 4.79 Å². The highest BCUT2D eigenvalue weighted by Gasteiger charge is 2.31. The fourth-order valence-electron chi connectivity index (χ4n) is 3.16. The number of carbonyl (C=O) groups excluding carboxylic acids is 1. The molecule has 4 rings (SSSR count). The molecule has 2 aromatic carbocycles. The molecule has 1 aliphatic heterocycles. The maximum Gasteiger partial charge on any atom is 0.276 e. The second kappa shape index (κ2) is 7.98. The third-order valence-corrected chi connectivity index (χ3v) is 6.93. The van der Waals surface area contributed by atoms with Crippen LogP contribution in [0.3, 0.4) is 0 Å². The molecule has 1 saturated heterocycles. The van der Waals surface area contributed by atoms with Crippen LogP contribution in [0.2, 0.25) is 5.02 Å². The Morgan fingerprint density at radius 2 is 1.62 bits per heavy atom. The first kappa shape index (κ1) is 19.6. The van der Waals surface area contributed by atoms with Crippen LogP contribution < -0.4 is 0 Å². The molecule has 0 saturated carbocycles. The van der Waals surface area contributed by atoms with Crippen LogP contribution in [0.5, 0.6) is 0 Å². The maximum atomic E-state index is 12.7. The van der Waals surface area contributed by atoms with Gasteiger partial charge in [0.1, 0.15) is 0 Å². The Kier molecular flexibility index (Phi) is 5.40. The van der Waals surface area contributed by atoms with Crippen molar-refractivity contribution >= 4 is 27.5 Å². The van der Waals surface area contributed by atoms with Gasteiger partial charge >= 0.3 is 0 Å². The average molecular weight is 432 g/mol. The summed E-state index contributed by atoms with van der Waals surface area (Å²) in [4.78, 5) is 14.6. The summed E-state index contributed by atoms with van der Waals surface area (Å²) >= 11 is 5.89. The van der Waals surface area contributed by atoms with E-state index < -0.39 is 10.0 Å². The molecular formula is C20H18ClN3O4S. The highest BCUT2D eigenvalue weighted by Crippen LogP contribution is 2.23. The molecule has 1 aliphatic rings. The zero-order valence-corrected chi connectivity index (χ0v) is 16.9. The van der Waals surface area contributed by atoms with Gasteiger partial charge in [0.05, 0.1) is 4.90 Å². The Hall–Kier alpha value is -2.68. The Morgan fingerprint density at radius 3 is 2.28 bits per heavy atom. The van der Waals surface area contributed by atoms with Gasteiger partial charge in [-0.15, -0.1) is 0 Å². The lowest BCUT2D eigenvalue weighted by atomic mass is 10.1. The summed E-state index contributed by atoms with van der Waals surface area (Å²) in [5.74, 6) is 0.182. The number of sulfonamides is 1. The third-order valence-electron chi connectivity index (χ3n) is 4.76. The summed E-state index contributed by atoms with van der Waals surface area (Å²) in [6.45, 7) is 1.03. The van der Waals surface area contributed by atoms with E-state index in [4.69, 9.17) is 16.1 Å². The second-order valence-electron chi connectivity index (χ2n) is 6.59. The van der Waals surface area contributed by atoms with Crippen LogP contribution in [0.15, 0.2) is 70.1 Å². The van der Waals surface area contributed by atoms with Crippen LogP contribution >= 0.6 is 11.6 Å². The number of hydrogen-bond donors (Lipinski definition) is 0. The molecule has 3 aromatic rings. The molecule has 0 atom stereocenters. The lowest BCUT2D eigenvalue weighted by molar-refractivity contribution is 0.0687. The number of carbonyl (C=O) groups is 1. The number of amides is 1. The third kappa shape index (κ3) is 4.05. The molecule has 0 radical (unpaired) electrons. The van der Waals surface area contributed by atoms with Gasteiger partial charge in [-0.05, 0) is 36.4 Å². The van der Waals surface area contributed by atoms with Crippen molar-refractivity contribution in [3.63, 3.8) is 0 Å². The van der Waals surface area contributed by atoms with Crippen molar-refractivity contribution in [2.45, 2.75) is 4.90 Å². The lowest BCUT2D eigenvalue weighted by Gasteiger charge is -2.33. The van der Waals surface area contributed by atoms with Gasteiger partial charge in [0.15, 0.2) is 11.5 Å². The standard InChI is InChI=1S/C20H18ClN3O4S/c21-16-8-6-15(7-9-16)19-14-18(22-28-19)20(25)23-10-12-24(13-11-23)29(26,27)17-4-2-1-3-5-17/h1-9,14H,10-13H2. The van der Waals surface area contributed by atoms with E-state index in [0.717, 1.165) is 5.56 Å². The largest absolute Gasteiger partial charge is 0.355 e. The Morgan fingerprint density at radius 1 is 0.966 bits per heavy atom. The van der Waals surface area contributed by atoms with Crippen molar-refractivity contribution in [3.8, 4) is 11.3 Å². The van der Waals surface area contributed by atoms with E-state index in [9.17, 15) is 13.2 Å². The highest BCUT2D eigenvalue weighted by atomic mass is 35.5. The first-order chi connectivity index (χ1) is 13.9. The topological polar surface area (TPSA) is 83.7 Å². The quantitative estimate of drug-likeness (QED) is 0.633. The second-order valence-corrected chi connectivity index (χ2v) is 8.97. The minimum atomic E-state index is -3.56. The molecule has 150 valence electrons. The molecule has 1 amide bonds. The molecule has 9 heteroatoms. The van der Waals surface area contributed by atoms with E-state index in [-0.39, 0.29) is 42.7 Å². The Bertz CT molecular complexity index is 1110. The van der Waals surface area contributed by atoms with Gasteiger partial charge in [0, 0.05) is 42.8 Å². The molecule has 29 heavy (non-hydrogen) atoms. The summed E-state index contributed by atoms with van der Waals surface area (Å²) < 4.78 is 32.1. The fraction of sp³-hybridized carbons (Fsp3) is 0.200. The highest BCUT2D eigenvalue weighted by molar-refractivity contribution is 7.89. The van der Waals surface area contributed by atoms with Crippen molar-refractivity contribution < 1.29 is 17.7 Å². The average Bonchev–Trinajstić information content (AvgIpc) is 3.25. The molecule has 2 heterocycles. The van der Waals surface area contributed by atoms with E-state index >= 15 is 0 Å². The van der Waals surface area contributed by atoms with Gasteiger partial charge < -0.3 is 9.42 Å². The molecule has 0 bridgehead atoms. The van der Waals surface area contributed by atoms with Crippen molar-refractivity contribution in [3.05, 3.63) is 71.4 Å². The van der Waals surface area contributed by atoms with Crippen molar-refractivity contribution in [2.24, 2.45) is 0 Å². The van der Waals surface area contributed by atoms with E-state index in [1.54, 1.807) is 65.6 Å². The number of benzene rings is 2. The van der Waals surface area contributed by atoms with E-state index in [2.05, 4.69) is 5.16 Å². The van der Waals surface area contributed by atoms with Crippen molar-refractivity contribution in [1.29, 1.82) is 0 Å². The Labute approximate surface area is 173 Å². The molecule has 0 spiro atoms. The zero-order valence-electron chi connectivity index (χ0n) is 15.4. The summed E-state index contributed by atoms with van der Waals surface area (Å²) in [6, 6.07) is 16.9. The monoisotopic (exact) mass is 431 g/mol. The van der Waals surface area contributed by atoms with Crippen molar-refractivity contribution in [1.82, 2.24) is 14.4 Å². The molecule has 0 N–H and O–H groups in total. The number of aromatic nitrogens is 1. The number of rotatable bonds is 4. The normalized spacial score (nSPS) is 15.4. The fourth-order valence-corrected chi connectivity index (χ4v) is 4.73. The zero-order chi connectivity index (χ0) is 20.4. The van der Waals surface area contributed by atoms with Gasteiger partial charge in [0.2, 0.25) is 10.0 Å². The molecular weight excluding hydrogens is 414 g/mol. The van der Waals surface area contributed by atoms with Crippen LogP contribution in [0.1, 0.15) is 10.5 Å². The van der Waals surface area contributed by atoms with Crippen LogP contribution in [0.4, 0.5) is 0 Å². The minimum Gasteiger partial charge on any atom is -0.355 e. The van der Waals surface area contributed by atoms with Crippen LogP contribution in [-0.4, -0.2) is 54.9 Å². The molecule has 1 aromatic heterocycles. The first-order valence-corrected chi connectivity index (χ1v) is 10.8. The maximum absolute atomic E-state index is 12.7. The lowest BCUT2D eigenvalue weighted by Crippen LogP contribution is -2.50. The van der Waals surface area contributed by atoms with Gasteiger partial charge in [0.25, 0.3) is 5.91 Å². The summed E-state index contributed by atoms with van der Waals surface area (Å²) in [6.07, 6.45) is 0. The smallest absolute Gasteiger partial charge is 0.276 e. The van der Waals surface area contributed by atoms with Gasteiger partial charge in [-0.2, -0.15) is 4.31 Å². The van der Waals surface area contributed by atoms with Gasteiger partial charge in [-0.25, -0.2) is 8.42 Å². The number of hydrogen-bond acceptors (Lipinski definition) is 5. The molecule has 7 nitrogen and oxygen atoms in total. The van der Waals surface area contributed by atoms with Crippen LogP contribution in [0.25, 0.3) is 11.3 Å². The van der Waals surface area contributed by atoms with Crippen LogP contribution in [0, 0.1) is 0 Å². The molecule has 0 aliphatic carbocycles. The molecule has 1 fully saturated rings. The van der Waals surface area contributed by atoms with E-state index in [1.165, 1.54) is 4.31 Å². The molecule has 0 unspecified atom stereocenters. The van der Waals surface area contributed by atoms with Gasteiger partial charge in [-0.1, -0.05) is 35.0 Å². The number of halogens is 1. The van der Waals surface area contributed by atoms with E-state index in [0.29, 0.717) is 10.8 Å². The number of nitrogens with zero attached hydrogens (tertiary/aromatic N) is 3. The predicted molar refractivity (Wildman–Crippen MR) is 108 cm³/mol. The predicted octanol–water partition coefficient (Wildman–Crippen LogP) is 3.14. The first-order valence-electron chi connectivity index (χ1n) is 9.02. The summed E-state index contributed by atoms with van der Waals surface area (Å²) in [5.41, 5.74) is 0.953. The van der Waals surface area contributed by atoms with E-state index in [1.807, 2.05) is 0 Å². The Balaban J connectivity index is 1.43. The SMILES string of the molecule is O=C(c1cc(-c2ccc(Cl)cc2)on1)N1CCN(S(=O)(=O)c2ccccc2)CC1. The minimum absolute atomic E-state index is 0.189. The van der Waals surface area contributed by atoms with Crippen LogP contribution in [-0.2, 0) is 10.0 Å².